The number of amides is 1. The Morgan fingerprint density at radius 3 is 2.59 bits per heavy atom. The normalized spacial score (nSPS) is 14.5. The van der Waals surface area contributed by atoms with Gasteiger partial charge in [-0.2, -0.15) is 0 Å². The molecule has 0 atom stereocenters. The van der Waals surface area contributed by atoms with Crippen LogP contribution in [0.15, 0.2) is 36.8 Å². The maximum Gasteiger partial charge on any atom is 0.259 e. The third kappa shape index (κ3) is 6.27. The summed E-state index contributed by atoms with van der Waals surface area (Å²) in [5.41, 5.74) is 2.97. The fourth-order valence-electron chi connectivity index (χ4n) is 4.50. The van der Waals surface area contributed by atoms with Gasteiger partial charge in [0.25, 0.3) is 5.91 Å². The first-order chi connectivity index (χ1) is 18.6. The quantitative estimate of drug-likeness (QED) is 0.308. The molecule has 0 aromatic carbocycles. The number of piperidine rings is 1. The van der Waals surface area contributed by atoms with Gasteiger partial charge in [-0.25, -0.2) is 28.1 Å². The number of nitrogens with zero attached hydrogens (tertiary/aromatic N) is 5. The average Bonchev–Trinajstić information content (AvgIpc) is 3.29. The molecule has 0 spiro atoms. The Balaban J connectivity index is 1.36. The van der Waals surface area contributed by atoms with Crippen LogP contribution in [-0.4, -0.2) is 66.8 Å². The molecule has 39 heavy (non-hydrogen) atoms. The lowest BCUT2D eigenvalue weighted by Crippen LogP contribution is -2.44. The summed E-state index contributed by atoms with van der Waals surface area (Å²) in [6.45, 7) is 3.20. The predicted octanol–water partition coefficient (Wildman–Crippen LogP) is 3.89. The number of carbonyl (C=O) groups excluding carboxylic acids is 1. The van der Waals surface area contributed by atoms with Crippen LogP contribution in [0.25, 0.3) is 21.3 Å². The molecule has 14 heteroatoms. The second-order valence-electron chi connectivity index (χ2n) is 9.21. The van der Waals surface area contributed by atoms with Crippen molar-refractivity contribution in [2.75, 3.05) is 36.7 Å². The van der Waals surface area contributed by atoms with Gasteiger partial charge in [-0.15, -0.1) is 0 Å². The summed E-state index contributed by atoms with van der Waals surface area (Å²) in [5.74, 6) is 0.891. The lowest BCUT2D eigenvalue weighted by molar-refractivity contribution is 0.102. The number of nitrogens with one attached hydrogen (secondary N) is 2. The third-order valence-electron chi connectivity index (χ3n) is 6.31. The summed E-state index contributed by atoms with van der Waals surface area (Å²) in [6.07, 6.45) is 7.27. The van der Waals surface area contributed by atoms with E-state index in [1.807, 2.05) is 13.0 Å². The number of hydrogen-bond acceptors (Lipinski definition) is 10. The summed E-state index contributed by atoms with van der Waals surface area (Å²) in [5, 5.41) is 3.59. The first-order valence-corrected chi connectivity index (χ1v) is 15.1. The number of aromatic nitrogens is 4. The topological polar surface area (TPSA) is 139 Å². The zero-order chi connectivity index (χ0) is 27.7. The number of hydrogen-bond donors (Lipinski definition) is 2. The zero-order valence-electron chi connectivity index (χ0n) is 21.4. The van der Waals surface area contributed by atoms with Gasteiger partial charge in [0, 0.05) is 48.2 Å². The van der Waals surface area contributed by atoms with Crippen molar-refractivity contribution in [2.24, 2.45) is 0 Å². The van der Waals surface area contributed by atoms with Gasteiger partial charge in [-0.3, -0.25) is 15.1 Å². The van der Waals surface area contributed by atoms with E-state index in [0.717, 1.165) is 16.2 Å². The van der Waals surface area contributed by atoms with Gasteiger partial charge in [0.15, 0.2) is 5.13 Å². The van der Waals surface area contributed by atoms with Crippen molar-refractivity contribution in [2.45, 2.75) is 25.8 Å². The molecular formula is C25H26ClN7O4S2. The maximum absolute atomic E-state index is 13.4. The van der Waals surface area contributed by atoms with Crippen molar-refractivity contribution < 1.29 is 17.9 Å². The second kappa shape index (κ2) is 11.0. The Morgan fingerprint density at radius 2 is 1.87 bits per heavy atom. The Labute approximate surface area is 234 Å². The van der Waals surface area contributed by atoms with Crippen molar-refractivity contribution in [1.29, 1.82) is 0 Å². The fourth-order valence-corrected chi connectivity index (χ4v) is 6.36. The highest BCUT2D eigenvalue weighted by Gasteiger charge is 2.23. The van der Waals surface area contributed by atoms with Gasteiger partial charge >= 0.3 is 0 Å². The standard InChI is InChI=1S/C25H26ClN7O4S2/c1-14-8-16(17-9-22(26)28-13-20(17)37-2)18(11-27-14)24(34)31-25-30-19-12-29-23(10-21(19)38-25)33-6-4-15(5-7-33)32-39(3,35)36/h8-13,15,32H,4-7H2,1-3H3,(H,30,31,34). The Morgan fingerprint density at radius 1 is 1.10 bits per heavy atom. The van der Waals surface area contributed by atoms with Crippen LogP contribution in [0.5, 0.6) is 5.75 Å². The van der Waals surface area contributed by atoms with Gasteiger partial charge < -0.3 is 9.64 Å². The van der Waals surface area contributed by atoms with E-state index >= 15 is 0 Å². The molecule has 1 aliphatic heterocycles. The minimum absolute atomic E-state index is 0.0745. The summed E-state index contributed by atoms with van der Waals surface area (Å²) < 4.78 is 32.1. The molecule has 1 saturated heterocycles. The number of anilines is 2. The minimum Gasteiger partial charge on any atom is -0.494 e. The largest absolute Gasteiger partial charge is 0.494 e. The van der Waals surface area contributed by atoms with Crippen LogP contribution in [0, 0.1) is 6.92 Å². The number of halogens is 1. The minimum atomic E-state index is -3.23. The molecule has 1 fully saturated rings. The number of carbonyl (C=O) groups is 1. The zero-order valence-corrected chi connectivity index (χ0v) is 23.8. The van der Waals surface area contributed by atoms with Crippen LogP contribution in [0.1, 0.15) is 28.9 Å². The fraction of sp³-hybridized carbons (Fsp3) is 0.320. The molecule has 2 N–H and O–H groups in total. The average molecular weight is 588 g/mol. The number of ether oxygens (including phenoxy) is 1. The van der Waals surface area contributed by atoms with Crippen LogP contribution < -0.4 is 19.7 Å². The van der Waals surface area contributed by atoms with Crippen LogP contribution in [-0.2, 0) is 10.0 Å². The first kappa shape index (κ1) is 27.2. The number of methoxy groups -OCH3 is 1. The van der Waals surface area contributed by atoms with E-state index in [9.17, 15) is 13.2 Å². The Kier molecular flexibility index (Phi) is 7.67. The molecule has 4 aromatic heterocycles. The van der Waals surface area contributed by atoms with E-state index < -0.39 is 10.0 Å². The maximum atomic E-state index is 13.4. The van der Waals surface area contributed by atoms with Gasteiger partial charge in [-0.1, -0.05) is 22.9 Å². The number of sulfonamides is 1. The lowest BCUT2D eigenvalue weighted by Gasteiger charge is -2.32. The molecular weight excluding hydrogens is 562 g/mol. The second-order valence-corrected chi connectivity index (χ2v) is 12.4. The number of thiazole rings is 1. The Bertz CT molecular complexity index is 1650. The van der Waals surface area contributed by atoms with E-state index in [-0.39, 0.29) is 17.1 Å². The molecule has 0 saturated carbocycles. The first-order valence-electron chi connectivity index (χ1n) is 12.1. The summed E-state index contributed by atoms with van der Waals surface area (Å²) in [7, 11) is -1.70. The van der Waals surface area contributed by atoms with Crippen molar-refractivity contribution in [3.05, 3.63) is 53.2 Å². The molecule has 5 rings (SSSR count). The number of rotatable bonds is 7. The molecule has 0 aliphatic carbocycles. The van der Waals surface area contributed by atoms with Gasteiger partial charge in [0.05, 0.1) is 36.0 Å². The molecule has 0 unspecified atom stereocenters. The predicted molar refractivity (Wildman–Crippen MR) is 152 cm³/mol. The van der Waals surface area contributed by atoms with Crippen LogP contribution in [0.2, 0.25) is 5.15 Å². The van der Waals surface area contributed by atoms with Crippen LogP contribution in [0.3, 0.4) is 0 Å². The monoisotopic (exact) mass is 587 g/mol. The third-order valence-corrected chi connectivity index (χ3v) is 8.21. The molecule has 204 valence electrons. The van der Waals surface area contributed by atoms with E-state index in [1.54, 1.807) is 18.3 Å². The van der Waals surface area contributed by atoms with E-state index in [4.69, 9.17) is 16.3 Å². The highest BCUT2D eigenvalue weighted by atomic mass is 35.5. The summed E-state index contributed by atoms with van der Waals surface area (Å²) >= 11 is 7.49. The molecule has 5 heterocycles. The van der Waals surface area contributed by atoms with Gasteiger partial charge in [0.1, 0.15) is 22.2 Å². The smallest absolute Gasteiger partial charge is 0.259 e. The van der Waals surface area contributed by atoms with E-state index in [1.165, 1.54) is 37.1 Å². The van der Waals surface area contributed by atoms with Crippen LogP contribution in [0.4, 0.5) is 10.9 Å². The molecule has 1 aliphatic rings. The molecule has 0 bridgehead atoms. The van der Waals surface area contributed by atoms with Crippen molar-refractivity contribution in [3.8, 4) is 16.9 Å². The van der Waals surface area contributed by atoms with E-state index in [2.05, 4.69) is 34.9 Å². The van der Waals surface area contributed by atoms with E-state index in [0.29, 0.717) is 59.0 Å². The SMILES string of the molecule is COc1cnc(Cl)cc1-c1cc(C)ncc1C(=O)Nc1nc2cnc(N3CCC(NS(C)(=O)=O)CC3)cc2s1. The molecule has 1 amide bonds. The molecule has 0 radical (unpaired) electrons. The molecule has 11 nitrogen and oxygen atoms in total. The number of aryl methyl sites for hydroxylation is 1. The molecule has 4 aromatic rings. The number of pyridine rings is 3. The van der Waals surface area contributed by atoms with Gasteiger partial charge in [0.2, 0.25) is 10.0 Å². The van der Waals surface area contributed by atoms with Crippen molar-refractivity contribution in [3.63, 3.8) is 0 Å². The van der Waals surface area contributed by atoms with Crippen molar-refractivity contribution in [1.82, 2.24) is 24.7 Å². The van der Waals surface area contributed by atoms with Crippen molar-refractivity contribution >= 4 is 60.0 Å². The Hall–Kier alpha value is -3.39. The highest BCUT2D eigenvalue weighted by molar-refractivity contribution is 7.88. The highest BCUT2D eigenvalue weighted by Crippen LogP contribution is 2.35. The van der Waals surface area contributed by atoms with Crippen LogP contribution >= 0.6 is 22.9 Å². The number of fused-ring (bicyclic) bond motifs is 1. The summed E-state index contributed by atoms with van der Waals surface area (Å²) in [4.78, 5) is 33.0. The summed E-state index contributed by atoms with van der Waals surface area (Å²) in [6, 6.07) is 5.31. The lowest BCUT2D eigenvalue weighted by atomic mass is 10.0. The van der Waals surface area contributed by atoms with Gasteiger partial charge in [-0.05, 0) is 31.9 Å².